The molecule has 4 aromatic rings. The number of rotatable bonds is 8. The molecular formula is C21H21ClN8O. The van der Waals surface area contributed by atoms with Gasteiger partial charge in [-0.3, -0.25) is 9.36 Å². The summed E-state index contributed by atoms with van der Waals surface area (Å²) in [7, 11) is 1.88. The van der Waals surface area contributed by atoms with Crippen molar-refractivity contribution in [3.05, 3.63) is 78.8 Å². The topological polar surface area (TPSA) is 106 Å². The Bertz CT molecular complexity index is 1170. The van der Waals surface area contributed by atoms with E-state index in [1.807, 2.05) is 43.7 Å². The first-order valence-electron chi connectivity index (χ1n) is 9.50. The maximum absolute atomic E-state index is 9.01. The van der Waals surface area contributed by atoms with E-state index in [1.54, 1.807) is 21.8 Å². The molecule has 0 spiro atoms. The van der Waals surface area contributed by atoms with Gasteiger partial charge in [0.15, 0.2) is 5.82 Å². The van der Waals surface area contributed by atoms with Gasteiger partial charge < -0.3 is 15.7 Å². The lowest BCUT2D eigenvalue weighted by atomic mass is 10.0. The highest BCUT2D eigenvalue weighted by molar-refractivity contribution is 6.32. The van der Waals surface area contributed by atoms with Crippen LogP contribution >= 0.6 is 11.6 Å². The second kappa shape index (κ2) is 9.15. The molecule has 0 saturated carbocycles. The van der Waals surface area contributed by atoms with Crippen molar-refractivity contribution < 1.29 is 5.11 Å². The Hall–Kier alpha value is -3.43. The Morgan fingerprint density at radius 1 is 1.16 bits per heavy atom. The van der Waals surface area contributed by atoms with Gasteiger partial charge in [0, 0.05) is 25.0 Å². The van der Waals surface area contributed by atoms with E-state index in [-0.39, 0.29) is 6.61 Å². The molecule has 3 N–H and O–H groups in total. The number of anilines is 3. The molecule has 4 rings (SSSR count). The van der Waals surface area contributed by atoms with Crippen LogP contribution in [0.15, 0.2) is 55.2 Å². The molecule has 1 aromatic carbocycles. The van der Waals surface area contributed by atoms with Crippen LogP contribution in [0, 0.1) is 13.0 Å². The first kappa shape index (κ1) is 20.8. The fraction of sp³-hybridized carbons (Fsp3) is 0.143. The van der Waals surface area contributed by atoms with E-state index in [0.717, 1.165) is 16.7 Å². The maximum atomic E-state index is 9.01. The zero-order valence-corrected chi connectivity index (χ0v) is 17.6. The van der Waals surface area contributed by atoms with Crippen LogP contribution in [0.1, 0.15) is 5.56 Å². The minimum Gasteiger partial charge on any atom is -0.394 e. The lowest BCUT2D eigenvalue weighted by Gasteiger charge is -2.16. The highest BCUT2D eigenvalue weighted by Gasteiger charge is 2.13. The van der Waals surface area contributed by atoms with Crippen LogP contribution in [0.5, 0.6) is 0 Å². The van der Waals surface area contributed by atoms with Gasteiger partial charge in [-0.15, -0.1) is 0 Å². The number of aryl methyl sites for hydroxylation is 1. The van der Waals surface area contributed by atoms with Crippen LogP contribution in [0.25, 0.3) is 11.1 Å². The molecule has 2 radical (unpaired) electrons. The first-order valence-corrected chi connectivity index (χ1v) is 9.88. The molecule has 0 unspecified atom stereocenters. The summed E-state index contributed by atoms with van der Waals surface area (Å²) in [5, 5.41) is 24.0. The number of aliphatic hydroxyl groups is 1. The van der Waals surface area contributed by atoms with E-state index in [1.165, 1.54) is 6.20 Å². The second-order valence-electron chi connectivity index (χ2n) is 6.82. The summed E-state index contributed by atoms with van der Waals surface area (Å²) in [6, 6.07) is 8.61. The minimum absolute atomic E-state index is 0.0106. The van der Waals surface area contributed by atoms with E-state index in [2.05, 4.69) is 37.7 Å². The third-order valence-corrected chi connectivity index (χ3v) is 4.76. The van der Waals surface area contributed by atoms with Gasteiger partial charge in [0.1, 0.15) is 5.02 Å². The number of hydrogen-bond donors (Lipinski definition) is 3. The summed E-state index contributed by atoms with van der Waals surface area (Å²) in [5.74, 6) is 0.783. The SMILES string of the molecule is [CH2][C](Nc1nc(Nc2cnn(CCO)c2)ncc1Cl)c1cccc(-c2cnn(C)c2)c1. The molecule has 0 bridgehead atoms. The van der Waals surface area contributed by atoms with Crippen molar-refractivity contribution >= 4 is 29.1 Å². The van der Waals surface area contributed by atoms with Gasteiger partial charge in [0.05, 0.1) is 43.5 Å². The Kier molecular flexibility index (Phi) is 6.15. The predicted molar refractivity (Wildman–Crippen MR) is 120 cm³/mol. The molecule has 0 fully saturated rings. The van der Waals surface area contributed by atoms with Crippen LogP contribution < -0.4 is 10.6 Å². The van der Waals surface area contributed by atoms with Crippen molar-refractivity contribution in [1.29, 1.82) is 0 Å². The summed E-state index contributed by atoms with van der Waals surface area (Å²) in [6.45, 7) is 4.55. The lowest BCUT2D eigenvalue weighted by molar-refractivity contribution is 0.269. The monoisotopic (exact) mass is 436 g/mol. The molecule has 3 aromatic heterocycles. The summed E-state index contributed by atoms with van der Waals surface area (Å²) < 4.78 is 3.38. The Labute approximate surface area is 184 Å². The van der Waals surface area contributed by atoms with E-state index in [4.69, 9.17) is 16.7 Å². The number of hydrogen-bond acceptors (Lipinski definition) is 7. The quantitative estimate of drug-likeness (QED) is 0.389. The summed E-state index contributed by atoms with van der Waals surface area (Å²) >= 11 is 6.29. The van der Waals surface area contributed by atoms with Gasteiger partial charge in [-0.1, -0.05) is 29.8 Å². The maximum Gasteiger partial charge on any atom is 0.229 e. The van der Waals surface area contributed by atoms with Crippen molar-refractivity contribution in [2.75, 3.05) is 17.2 Å². The molecule has 0 aliphatic rings. The molecule has 0 aliphatic heterocycles. The number of nitrogens with zero attached hydrogens (tertiary/aromatic N) is 6. The molecule has 0 amide bonds. The van der Waals surface area contributed by atoms with Crippen LogP contribution in [0.4, 0.5) is 17.5 Å². The molecular weight excluding hydrogens is 416 g/mol. The molecule has 0 saturated heterocycles. The second-order valence-corrected chi connectivity index (χ2v) is 7.23. The van der Waals surface area contributed by atoms with Crippen LogP contribution in [-0.2, 0) is 13.6 Å². The van der Waals surface area contributed by atoms with Crippen LogP contribution in [0.3, 0.4) is 0 Å². The van der Waals surface area contributed by atoms with Crippen LogP contribution in [0.2, 0.25) is 5.02 Å². The first-order chi connectivity index (χ1) is 15.0. The largest absolute Gasteiger partial charge is 0.394 e. The number of aliphatic hydroxyl groups excluding tert-OH is 1. The van der Waals surface area contributed by atoms with Crippen molar-refractivity contribution in [1.82, 2.24) is 29.5 Å². The third kappa shape index (κ3) is 5.01. The van der Waals surface area contributed by atoms with E-state index in [0.29, 0.717) is 35.1 Å². The molecule has 0 aliphatic carbocycles. The van der Waals surface area contributed by atoms with Gasteiger partial charge in [-0.2, -0.15) is 15.2 Å². The summed E-state index contributed by atoms with van der Waals surface area (Å²) in [5.41, 5.74) is 3.65. The zero-order chi connectivity index (χ0) is 21.8. The molecule has 31 heavy (non-hydrogen) atoms. The fourth-order valence-electron chi connectivity index (χ4n) is 2.97. The third-order valence-electron chi connectivity index (χ3n) is 4.48. The summed E-state index contributed by atoms with van der Waals surface area (Å²) in [4.78, 5) is 8.65. The van der Waals surface area contributed by atoms with E-state index >= 15 is 0 Å². The Morgan fingerprint density at radius 3 is 2.81 bits per heavy atom. The Balaban J connectivity index is 1.50. The minimum atomic E-state index is 0.0106. The number of benzene rings is 1. The molecule has 3 heterocycles. The van der Waals surface area contributed by atoms with E-state index < -0.39 is 0 Å². The van der Waals surface area contributed by atoms with Gasteiger partial charge in [-0.05, 0) is 24.1 Å². The van der Waals surface area contributed by atoms with Crippen molar-refractivity contribution in [2.24, 2.45) is 7.05 Å². The fourth-order valence-corrected chi connectivity index (χ4v) is 3.11. The number of nitrogens with one attached hydrogen (secondary N) is 2. The molecule has 158 valence electrons. The molecule has 0 atom stereocenters. The van der Waals surface area contributed by atoms with Gasteiger partial charge in [-0.25, -0.2) is 4.98 Å². The average molecular weight is 437 g/mol. The average Bonchev–Trinajstić information content (AvgIpc) is 3.40. The number of halogens is 1. The predicted octanol–water partition coefficient (Wildman–Crippen LogP) is 3.29. The van der Waals surface area contributed by atoms with Crippen molar-refractivity contribution in [3.8, 4) is 11.1 Å². The molecule has 10 heteroatoms. The van der Waals surface area contributed by atoms with Gasteiger partial charge >= 0.3 is 0 Å². The van der Waals surface area contributed by atoms with Crippen molar-refractivity contribution in [2.45, 2.75) is 6.54 Å². The zero-order valence-electron chi connectivity index (χ0n) is 16.8. The molecule has 9 nitrogen and oxygen atoms in total. The summed E-state index contributed by atoms with van der Waals surface area (Å²) in [6.07, 6.45) is 8.67. The van der Waals surface area contributed by atoms with Gasteiger partial charge in [0.25, 0.3) is 0 Å². The van der Waals surface area contributed by atoms with Crippen LogP contribution in [-0.4, -0.2) is 41.2 Å². The van der Waals surface area contributed by atoms with Crippen molar-refractivity contribution in [3.63, 3.8) is 0 Å². The number of aromatic nitrogens is 6. The highest BCUT2D eigenvalue weighted by atomic mass is 35.5. The lowest BCUT2D eigenvalue weighted by Crippen LogP contribution is -2.11. The highest BCUT2D eigenvalue weighted by Crippen LogP contribution is 2.27. The standard InChI is InChI=1S/C21H21ClN8O/c1-14(15-4-3-5-16(8-15)17-9-24-29(2)12-17)26-20-19(22)11-23-21(28-20)27-18-10-25-30(13-18)6-7-31/h3-5,8-13,31H,1,6-7H2,2H3,(H2,23,26,27,28). The van der Waals surface area contributed by atoms with E-state index in [9.17, 15) is 0 Å². The van der Waals surface area contributed by atoms with Gasteiger partial charge in [0.2, 0.25) is 5.95 Å². The smallest absolute Gasteiger partial charge is 0.229 e. The normalized spacial score (nSPS) is 11.1. The Morgan fingerprint density at radius 2 is 2.03 bits per heavy atom.